The Bertz CT molecular complexity index is 49.7. The average molecular weight is 278 g/mol. The monoisotopic (exact) mass is 276 g/mol. The third-order valence-electron chi connectivity index (χ3n) is 0.994. The molecule has 0 N–H and O–H groups in total. The Morgan fingerprint density at radius 2 is 0.900 bits per heavy atom. The van der Waals surface area contributed by atoms with Crippen molar-refractivity contribution in [3.05, 3.63) is 0 Å². The second-order valence-corrected chi connectivity index (χ2v) is 2.61. The maximum Gasteiger partial charge on any atom is 0.0103 e. The third kappa shape index (κ3) is 15.9. The van der Waals surface area contributed by atoms with Crippen molar-refractivity contribution in [2.24, 2.45) is 0 Å². The van der Waals surface area contributed by atoms with E-state index in [2.05, 4.69) is 38.0 Å². The van der Waals surface area contributed by atoms with Gasteiger partial charge < -0.3 is 9.80 Å². The largest absolute Gasteiger partial charge is 0.308 e. The van der Waals surface area contributed by atoms with Crippen LogP contribution < -0.4 is 0 Å². The minimum Gasteiger partial charge on any atom is -0.308 e. The minimum absolute atomic E-state index is 0. The molecule has 0 aromatic carbocycles. The van der Waals surface area contributed by atoms with E-state index in [1.807, 2.05) is 0 Å². The van der Waals surface area contributed by atoms with E-state index in [1.165, 1.54) is 0 Å². The Labute approximate surface area is 85.1 Å². The highest BCUT2D eigenvalue weighted by molar-refractivity contribution is 8.93. The van der Waals surface area contributed by atoms with Gasteiger partial charge in [0, 0.05) is 13.1 Å². The van der Waals surface area contributed by atoms with Crippen molar-refractivity contribution < 1.29 is 0 Å². The van der Waals surface area contributed by atoms with E-state index in [4.69, 9.17) is 0 Å². The lowest BCUT2D eigenvalue weighted by Gasteiger charge is -2.13. The highest BCUT2D eigenvalue weighted by Crippen LogP contribution is 1.76. The molecule has 10 heavy (non-hydrogen) atoms. The zero-order valence-electron chi connectivity index (χ0n) is 7.13. The smallest absolute Gasteiger partial charge is 0.0103 e. The molecule has 0 aromatic rings. The molecule has 0 atom stereocenters. The van der Waals surface area contributed by atoms with Crippen molar-refractivity contribution in [3.63, 3.8) is 0 Å². The summed E-state index contributed by atoms with van der Waals surface area (Å²) in [5.74, 6) is 0. The van der Waals surface area contributed by atoms with Crippen molar-refractivity contribution in [2.45, 2.75) is 0 Å². The lowest BCUT2D eigenvalue weighted by molar-refractivity contribution is 0.320. The van der Waals surface area contributed by atoms with Crippen LogP contribution in [0.1, 0.15) is 0 Å². The fraction of sp³-hybridized carbons (Fsp3) is 1.00. The first kappa shape index (κ1) is 17.1. The fourth-order valence-electron chi connectivity index (χ4n) is 0.400. The summed E-state index contributed by atoms with van der Waals surface area (Å²) in [6.07, 6.45) is 0. The maximum atomic E-state index is 2.18. The number of halogens is 2. The fourth-order valence-corrected chi connectivity index (χ4v) is 0.400. The summed E-state index contributed by atoms with van der Waals surface area (Å²) in [7, 11) is 8.35. The van der Waals surface area contributed by atoms with Gasteiger partial charge in [-0.1, -0.05) is 0 Å². The van der Waals surface area contributed by atoms with Crippen LogP contribution in [0.2, 0.25) is 0 Å². The Kier molecular flexibility index (Phi) is 16.9. The number of rotatable bonds is 3. The molecule has 0 aromatic heterocycles. The van der Waals surface area contributed by atoms with Crippen LogP contribution in [0.3, 0.4) is 0 Å². The molecule has 0 unspecified atom stereocenters. The van der Waals surface area contributed by atoms with Crippen LogP contribution in [-0.4, -0.2) is 51.1 Å². The van der Waals surface area contributed by atoms with Crippen LogP contribution in [0.5, 0.6) is 0 Å². The van der Waals surface area contributed by atoms with Gasteiger partial charge in [0.15, 0.2) is 0 Å². The van der Waals surface area contributed by atoms with Crippen molar-refractivity contribution in [1.29, 1.82) is 0 Å². The third-order valence-corrected chi connectivity index (χ3v) is 0.994. The maximum absolute atomic E-state index is 2.18. The highest BCUT2D eigenvalue weighted by Gasteiger charge is 1.89. The molecule has 0 heterocycles. The van der Waals surface area contributed by atoms with E-state index in [-0.39, 0.29) is 34.0 Å². The Morgan fingerprint density at radius 3 is 1.00 bits per heavy atom. The van der Waals surface area contributed by atoms with Gasteiger partial charge >= 0.3 is 0 Å². The molecular weight excluding hydrogens is 260 g/mol. The number of hydrogen-bond acceptors (Lipinski definition) is 2. The Morgan fingerprint density at radius 1 is 0.700 bits per heavy atom. The van der Waals surface area contributed by atoms with E-state index >= 15 is 0 Å². The van der Waals surface area contributed by atoms with E-state index in [0.717, 1.165) is 13.1 Å². The van der Waals surface area contributed by atoms with E-state index < -0.39 is 0 Å². The zero-order chi connectivity index (χ0) is 6.57. The zero-order valence-corrected chi connectivity index (χ0v) is 10.6. The minimum atomic E-state index is 0. The molecule has 0 spiro atoms. The van der Waals surface area contributed by atoms with Crippen molar-refractivity contribution in [1.82, 2.24) is 9.80 Å². The molecule has 0 aliphatic carbocycles. The van der Waals surface area contributed by atoms with Crippen LogP contribution in [0.15, 0.2) is 0 Å². The lowest BCUT2D eigenvalue weighted by atomic mass is 10.5. The van der Waals surface area contributed by atoms with Crippen LogP contribution in [-0.2, 0) is 0 Å². The number of nitrogens with zero attached hydrogens (tertiary/aromatic N) is 2. The van der Waals surface area contributed by atoms with Crippen LogP contribution in [0, 0.1) is 0 Å². The standard InChI is InChI=1S/C6H16N2.2BrH/c1-7(2)5-6-8(3)4;;/h5-6H2,1-4H3;2*1H. The van der Waals surface area contributed by atoms with Crippen molar-refractivity contribution >= 4 is 34.0 Å². The summed E-state index contributed by atoms with van der Waals surface area (Å²) < 4.78 is 0. The molecule has 0 aliphatic rings. The second-order valence-electron chi connectivity index (χ2n) is 2.61. The van der Waals surface area contributed by atoms with Gasteiger partial charge in [-0.05, 0) is 28.2 Å². The first-order chi connectivity index (χ1) is 3.63. The number of hydrogen-bond donors (Lipinski definition) is 0. The summed E-state index contributed by atoms with van der Waals surface area (Å²) in [6, 6.07) is 0. The average Bonchev–Trinajstić information content (AvgIpc) is 1.61. The lowest BCUT2D eigenvalue weighted by Crippen LogP contribution is -2.25. The summed E-state index contributed by atoms with van der Waals surface area (Å²) >= 11 is 0. The van der Waals surface area contributed by atoms with Crippen LogP contribution in [0.25, 0.3) is 0 Å². The van der Waals surface area contributed by atoms with Gasteiger partial charge in [0.25, 0.3) is 0 Å². The number of likely N-dealkylation sites (N-methyl/N-ethyl adjacent to an activating group) is 2. The van der Waals surface area contributed by atoms with E-state index in [0.29, 0.717) is 0 Å². The van der Waals surface area contributed by atoms with Gasteiger partial charge in [-0.3, -0.25) is 0 Å². The molecule has 0 bridgehead atoms. The predicted molar refractivity (Wildman–Crippen MR) is 57.8 cm³/mol. The molecule has 0 aliphatic heterocycles. The normalized spacial score (nSPS) is 9.00. The molecule has 4 heteroatoms. The molecule has 0 amide bonds. The summed E-state index contributed by atoms with van der Waals surface area (Å²) in [6.45, 7) is 2.29. The van der Waals surface area contributed by atoms with Gasteiger partial charge in [-0.25, -0.2) is 0 Å². The summed E-state index contributed by atoms with van der Waals surface area (Å²) in [5, 5.41) is 0. The van der Waals surface area contributed by atoms with Gasteiger partial charge in [0.1, 0.15) is 0 Å². The summed E-state index contributed by atoms with van der Waals surface area (Å²) in [4.78, 5) is 4.36. The Balaban J connectivity index is -0.000000245. The van der Waals surface area contributed by atoms with Gasteiger partial charge in [-0.15, -0.1) is 34.0 Å². The molecule has 0 radical (unpaired) electrons. The van der Waals surface area contributed by atoms with Crippen LogP contribution in [0.4, 0.5) is 0 Å². The first-order valence-electron chi connectivity index (χ1n) is 2.92. The molecule has 0 saturated heterocycles. The van der Waals surface area contributed by atoms with Crippen molar-refractivity contribution in [2.75, 3.05) is 41.3 Å². The molecule has 66 valence electrons. The second kappa shape index (κ2) is 9.88. The highest BCUT2D eigenvalue weighted by atomic mass is 79.9. The van der Waals surface area contributed by atoms with Gasteiger partial charge in [-0.2, -0.15) is 0 Å². The van der Waals surface area contributed by atoms with E-state index in [9.17, 15) is 0 Å². The van der Waals surface area contributed by atoms with Gasteiger partial charge in [0.05, 0.1) is 0 Å². The molecule has 0 saturated carbocycles. The van der Waals surface area contributed by atoms with E-state index in [1.54, 1.807) is 0 Å². The SMILES string of the molecule is Br.Br.CN(C)CCN(C)C. The van der Waals surface area contributed by atoms with Crippen molar-refractivity contribution in [3.8, 4) is 0 Å². The van der Waals surface area contributed by atoms with Crippen LogP contribution >= 0.6 is 34.0 Å². The first-order valence-corrected chi connectivity index (χ1v) is 2.92. The molecular formula is C6H18Br2N2. The summed E-state index contributed by atoms with van der Waals surface area (Å²) in [5.41, 5.74) is 0. The van der Waals surface area contributed by atoms with Gasteiger partial charge in [0.2, 0.25) is 0 Å². The molecule has 0 fully saturated rings. The predicted octanol–water partition coefficient (Wildman–Crippen LogP) is 1.27. The topological polar surface area (TPSA) is 6.48 Å². The molecule has 2 nitrogen and oxygen atoms in total. The molecule has 0 rings (SSSR count). The Hall–Kier alpha value is 0.880. The quantitative estimate of drug-likeness (QED) is 0.767.